The Labute approximate surface area is 123 Å². The smallest absolute Gasteiger partial charge is 0.180 e. The second kappa shape index (κ2) is 4.52. The molecule has 0 unspecified atom stereocenters. The normalized spacial score (nSPS) is 12.9. The van der Waals surface area contributed by atoms with E-state index in [4.69, 9.17) is 14.5 Å². The van der Waals surface area contributed by atoms with E-state index in [1.807, 2.05) is 18.2 Å². The summed E-state index contributed by atoms with van der Waals surface area (Å²) in [6, 6.07) is 10.2. The van der Waals surface area contributed by atoms with E-state index in [9.17, 15) is 0 Å². The van der Waals surface area contributed by atoms with Gasteiger partial charge in [-0.25, -0.2) is 4.98 Å². The van der Waals surface area contributed by atoms with Gasteiger partial charge in [0.25, 0.3) is 0 Å². The van der Waals surface area contributed by atoms with E-state index in [1.165, 1.54) is 16.8 Å². The number of hydrogen-bond acceptors (Lipinski definition) is 3. The van der Waals surface area contributed by atoms with Crippen molar-refractivity contribution in [3.63, 3.8) is 0 Å². The van der Waals surface area contributed by atoms with Gasteiger partial charge in [0.1, 0.15) is 5.75 Å². The molecule has 1 aliphatic rings. The van der Waals surface area contributed by atoms with Gasteiger partial charge in [-0.1, -0.05) is 6.07 Å². The fraction of sp³-hybridized carbons (Fsp3) is 0.235. The molecule has 0 spiro atoms. The van der Waals surface area contributed by atoms with Crippen LogP contribution in [-0.4, -0.2) is 23.6 Å². The number of benzene rings is 1. The lowest BCUT2D eigenvalue weighted by Gasteiger charge is -2.16. The van der Waals surface area contributed by atoms with E-state index >= 15 is 0 Å². The van der Waals surface area contributed by atoms with Crippen LogP contribution in [0.4, 0.5) is 0 Å². The van der Waals surface area contributed by atoms with Crippen molar-refractivity contribution in [3.05, 3.63) is 47.8 Å². The Kier molecular flexibility index (Phi) is 2.64. The van der Waals surface area contributed by atoms with Crippen molar-refractivity contribution >= 4 is 5.65 Å². The van der Waals surface area contributed by atoms with Crippen molar-refractivity contribution in [1.82, 2.24) is 9.38 Å². The Morgan fingerprint density at radius 2 is 2.00 bits per heavy atom. The summed E-state index contributed by atoms with van der Waals surface area (Å²) < 4.78 is 12.9. The molecule has 2 heterocycles. The molecule has 4 nitrogen and oxygen atoms in total. The summed E-state index contributed by atoms with van der Waals surface area (Å²) in [5.41, 5.74) is 5.65. The zero-order chi connectivity index (χ0) is 14.4. The summed E-state index contributed by atoms with van der Waals surface area (Å²) in [5.74, 6) is 1.67. The molecule has 0 amide bonds. The molecule has 0 aliphatic heterocycles. The molecule has 2 aromatic heterocycles. The maximum absolute atomic E-state index is 5.43. The van der Waals surface area contributed by atoms with E-state index < -0.39 is 0 Å². The van der Waals surface area contributed by atoms with Crippen LogP contribution < -0.4 is 9.47 Å². The molecule has 0 N–H and O–H groups in total. The topological polar surface area (TPSA) is 35.8 Å². The number of nitrogens with zero attached hydrogens (tertiary/aromatic N) is 2. The van der Waals surface area contributed by atoms with Crippen LogP contribution >= 0.6 is 0 Å². The average molecular weight is 280 g/mol. The molecular weight excluding hydrogens is 264 g/mol. The number of pyridine rings is 1. The first kappa shape index (κ1) is 12.3. The largest absolute Gasteiger partial charge is 0.497 e. The molecule has 0 bridgehead atoms. The lowest BCUT2D eigenvalue weighted by Crippen LogP contribution is -2.05. The minimum absolute atomic E-state index is 0.802. The molecule has 0 radical (unpaired) electrons. The van der Waals surface area contributed by atoms with Crippen LogP contribution in [0.1, 0.15) is 11.3 Å². The first-order chi connectivity index (χ1) is 10.3. The minimum Gasteiger partial charge on any atom is -0.497 e. The zero-order valence-electron chi connectivity index (χ0n) is 12.1. The molecule has 0 fully saturated rings. The molecule has 3 aromatic rings. The molecule has 0 saturated heterocycles. The third-order valence-corrected chi connectivity index (χ3v) is 4.14. The van der Waals surface area contributed by atoms with E-state index in [0.717, 1.165) is 35.7 Å². The van der Waals surface area contributed by atoms with Gasteiger partial charge < -0.3 is 13.9 Å². The summed E-state index contributed by atoms with van der Waals surface area (Å²) >= 11 is 0. The molecule has 21 heavy (non-hydrogen) atoms. The number of ether oxygens (including phenoxy) is 2. The highest BCUT2D eigenvalue weighted by molar-refractivity contribution is 5.74. The number of fused-ring (bicyclic) bond motifs is 5. The number of rotatable bonds is 2. The Hall–Kier alpha value is -2.49. The predicted molar refractivity (Wildman–Crippen MR) is 81.1 cm³/mol. The third-order valence-electron chi connectivity index (χ3n) is 4.14. The number of aryl methyl sites for hydroxylation is 2. The van der Waals surface area contributed by atoms with Gasteiger partial charge in [0.2, 0.25) is 0 Å². The molecule has 4 heteroatoms. The first-order valence-corrected chi connectivity index (χ1v) is 7.03. The van der Waals surface area contributed by atoms with Gasteiger partial charge in [-0.05, 0) is 42.7 Å². The lowest BCUT2D eigenvalue weighted by molar-refractivity contribution is 0.415. The Balaban J connectivity index is 2.02. The van der Waals surface area contributed by atoms with Crippen molar-refractivity contribution in [1.29, 1.82) is 0 Å². The molecule has 4 rings (SSSR count). The fourth-order valence-corrected chi connectivity index (χ4v) is 3.08. The van der Waals surface area contributed by atoms with E-state index in [1.54, 1.807) is 14.2 Å². The van der Waals surface area contributed by atoms with Crippen molar-refractivity contribution in [2.75, 3.05) is 14.2 Å². The van der Waals surface area contributed by atoms with Crippen LogP contribution in [0.25, 0.3) is 16.9 Å². The van der Waals surface area contributed by atoms with Crippen LogP contribution in [0.15, 0.2) is 36.5 Å². The second-order valence-electron chi connectivity index (χ2n) is 5.20. The Bertz CT molecular complexity index is 836. The second-order valence-corrected chi connectivity index (χ2v) is 5.20. The summed E-state index contributed by atoms with van der Waals surface area (Å²) in [6.45, 7) is 0. The lowest BCUT2D eigenvalue weighted by atomic mass is 9.92. The summed E-state index contributed by atoms with van der Waals surface area (Å²) in [5, 5.41) is 0. The van der Waals surface area contributed by atoms with Gasteiger partial charge in [-0.15, -0.1) is 0 Å². The molecule has 106 valence electrons. The number of imidazole rings is 1. The van der Waals surface area contributed by atoms with Crippen LogP contribution in [0.5, 0.6) is 11.5 Å². The Morgan fingerprint density at radius 1 is 1.10 bits per heavy atom. The van der Waals surface area contributed by atoms with Crippen LogP contribution in [-0.2, 0) is 12.8 Å². The molecule has 0 atom stereocenters. The number of hydrogen-bond donors (Lipinski definition) is 0. The maximum Gasteiger partial charge on any atom is 0.180 e. The highest BCUT2D eigenvalue weighted by Crippen LogP contribution is 2.37. The zero-order valence-corrected chi connectivity index (χ0v) is 12.1. The maximum atomic E-state index is 5.43. The molecule has 1 aromatic carbocycles. The van der Waals surface area contributed by atoms with Crippen LogP contribution in [0.2, 0.25) is 0 Å². The molecular formula is C17H16N2O2. The van der Waals surface area contributed by atoms with Gasteiger partial charge in [-0.2, -0.15) is 0 Å². The van der Waals surface area contributed by atoms with E-state index in [2.05, 4.69) is 22.7 Å². The average Bonchev–Trinajstić information content (AvgIpc) is 2.93. The minimum atomic E-state index is 0.802. The van der Waals surface area contributed by atoms with Gasteiger partial charge in [0, 0.05) is 11.8 Å². The highest BCUT2D eigenvalue weighted by Gasteiger charge is 2.23. The van der Waals surface area contributed by atoms with Crippen molar-refractivity contribution < 1.29 is 9.47 Å². The SMILES string of the molecule is COc1ccc2c(c1)-c1nc3c(OC)cccn3c1CC2. The summed E-state index contributed by atoms with van der Waals surface area (Å²) in [7, 11) is 3.37. The third kappa shape index (κ3) is 1.72. The summed E-state index contributed by atoms with van der Waals surface area (Å²) in [4.78, 5) is 4.82. The molecule has 0 saturated carbocycles. The van der Waals surface area contributed by atoms with Crippen molar-refractivity contribution in [2.24, 2.45) is 0 Å². The van der Waals surface area contributed by atoms with Crippen molar-refractivity contribution in [3.8, 4) is 22.8 Å². The highest BCUT2D eigenvalue weighted by atomic mass is 16.5. The van der Waals surface area contributed by atoms with Gasteiger partial charge in [0.05, 0.1) is 25.6 Å². The standard InChI is InChI=1S/C17H16N2O2/c1-20-12-7-5-11-6-8-14-16(13(11)10-12)18-17-15(21-2)4-3-9-19(14)17/h3-5,7,9-10H,6,8H2,1-2H3. The number of methoxy groups -OCH3 is 2. The van der Waals surface area contributed by atoms with E-state index in [-0.39, 0.29) is 0 Å². The van der Waals surface area contributed by atoms with Gasteiger partial charge in [0.15, 0.2) is 11.4 Å². The summed E-state index contributed by atoms with van der Waals surface area (Å²) in [6.07, 6.45) is 4.06. The Morgan fingerprint density at radius 3 is 2.81 bits per heavy atom. The van der Waals surface area contributed by atoms with Gasteiger partial charge in [-0.3, -0.25) is 0 Å². The van der Waals surface area contributed by atoms with Crippen LogP contribution in [0, 0.1) is 0 Å². The first-order valence-electron chi connectivity index (χ1n) is 7.03. The number of aromatic nitrogens is 2. The molecule has 1 aliphatic carbocycles. The van der Waals surface area contributed by atoms with Crippen LogP contribution in [0.3, 0.4) is 0 Å². The van der Waals surface area contributed by atoms with Gasteiger partial charge >= 0.3 is 0 Å². The monoisotopic (exact) mass is 280 g/mol. The van der Waals surface area contributed by atoms with E-state index in [0.29, 0.717) is 0 Å². The predicted octanol–water partition coefficient (Wildman–Crippen LogP) is 3.12. The fourth-order valence-electron chi connectivity index (χ4n) is 3.08. The quantitative estimate of drug-likeness (QED) is 0.723. The van der Waals surface area contributed by atoms with Crippen molar-refractivity contribution in [2.45, 2.75) is 12.8 Å².